The molecular weight excluding hydrogens is 374 g/mol. The van der Waals surface area contributed by atoms with Crippen molar-refractivity contribution in [2.75, 3.05) is 19.0 Å². The van der Waals surface area contributed by atoms with Gasteiger partial charge in [-0.3, -0.25) is 0 Å². The summed E-state index contributed by atoms with van der Waals surface area (Å²) < 4.78 is 6.37. The summed E-state index contributed by atoms with van der Waals surface area (Å²) in [5.41, 5.74) is 2.49. The van der Waals surface area contributed by atoms with Crippen LogP contribution in [0.2, 0.25) is 0 Å². The molecule has 0 aliphatic rings. The molecule has 0 aliphatic heterocycles. The zero-order valence-corrected chi connectivity index (χ0v) is 15.0. The molecule has 2 aromatic rings. The minimum atomic E-state index is 0.522. The third kappa shape index (κ3) is 5.23. The number of ether oxygens (including phenoxy) is 1. The molecule has 0 radical (unpaired) electrons. The van der Waals surface area contributed by atoms with Crippen molar-refractivity contribution in [3.8, 4) is 11.8 Å². The van der Waals surface area contributed by atoms with Crippen molar-refractivity contribution in [1.82, 2.24) is 5.32 Å². The van der Waals surface area contributed by atoms with E-state index in [1.54, 1.807) is 19.2 Å². The van der Waals surface area contributed by atoms with Crippen LogP contribution in [0.5, 0.6) is 5.75 Å². The number of methoxy groups -OCH3 is 1. The molecule has 2 aromatic carbocycles. The molecule has 0 aliphatic carbocycles. The lowest BCUT2D eigenvalue weighted by molar-refractivity contribution is 0.409. The SMILES string of the molecule is COc1ccc(Br)cc1CCNC(=S)Nc1cccc(C#N)c1. The molecule has 4 nitrogen and oxygen atoms in total. The van der Waals surface area contributed by atoms with Crippen molar-refractivity contribution in [1.29, 1.82) is 5.26 Å². The lowest BCUT2D eigenvalue weighted by atomic mass is 10.1. The van der Waals surface area contributed by atoms with Gasteiger partial charge in [-0.15, -0.1) is 0 Å². The Morgan fingerprint density at radius 3 is 2.87 bits per heavy atom. The van der Waals surface area contributed by atoms with Crippen molar-refractivity contribution in [2.24, 2.45) is 0 Å². The Labute approximate surface area is 149 Å². The highest BCUT2D eigenvalue weighted by atomic mass is 79.9. The van der Waals surface area contributed by atoms with Crippen LogP contribution in [0, 0.1) is 11.3 Å². The standard InChI is InChI=1S/C17H16BrN3OS/c1-22-16-6-5-14(18)10-13(16)7-8-20-17(23)21-15-4-2-3-12(9-15)11-19/h2-6,9-10H,7-8H2,1H3,(H2,20,21,23). The number of hydrogen-bond donors (Lipinski definition) is 2. The van der Waals surface area contributed by atoms with Crippen molar-refractivity contribution in [3.63, 3.8) is 0 Å². The first-order valence-corrected chi connectivity index (χ1v) is 8.20. The minimum Gasteiger partial charge on any atom is -0.496 e. The zero-order valence-electron chi connectivity index (χ0n) is 12.6. The molecule has 118 valence electrons. The number of thiocarbonyl (C=S) groups is 1. The first-order valence-electron chi connectivity index (χ1n) is 7.00. The molecule has 0 atom stereocenters. The Morgan fingerprint density at radius 2 is 2.13 bits per heavy atom. The zero-order chi connectivity index (χ0) is 16.7. The molecule has 0 bridgehead atoms. The van der Waals surface area contributed by atoms with Gasteiger partial charge >= 0.3 is 0 Å². The average Bonchev–Trinajstić information content (AvgIpc) is 2.55. The number of halogens is 1. The van der Waals surface area contributed by atoms with E-state index >= 15 is 0 Å². The summed E-state index contributed by atoms with van der Waals surface area (Å²) >= 11 is 8.74. The summed E-state index contributed by atoms with van der Waals surface area (Å²) in [6.07, 6.45) is 0.780. The van der Waals surface area contributed by atoms with E-state index in [0.717, 1.165) is 27.9 Å². The van der Waals surface area contributed by atoms with Gasteiger partial charge < -0.3 is 15.4 Å². The maximum atomic E-state index is 8.89. The monoisotopic (exact) mass is 389 g/mol. The van der Waals surface area contributed by atoms with Crippen LogP contribution in [-0.4, -0.2) is 18.8 Å². The molecule has 0 heterocycles. The van der Waals surface area contributed by atoms with Crippen molar-refractivity contribution in [2.45, 2.75) is 6.42 Å². The van der Waals surface area contributed by atoms with Crippen molar-refractivity contribution < 1.29 is 4.74 Å². The fraction of sp³-hybridized carbons (Fsp3) is 0.176. The van der Waals surface area contributed by atoms with Crippen LogP contribution in [-0.2, 0) is 6.42 Å². The van der Waals surface area contributed by atoms with Crippen LogP contribution in [0.4, 0.5) is 5.69 Å². The highest BCUT2D eigenvalue weighted by Gasteiger charge is 2.04. The maximum absolute atomic E-state index is 8.89. The summed E-state index contributed by atoms with van der Waals surface area (Å²) in [7, 11) is 1.66. The van der Waals surface area contributed by atoms with E-state index in [4.69, 9.17) is 22.2 Å². The molecule has 0 aromatic heterocycles. The molecule has 0 amide bonds. The van der Waals surface area contributed by atoms with Crippen LogP contribution in [0.1, 0.15) is 11.1 Å². The molecule has 6 heteroatoms. The smallest absolute Gasteiger partial charge is 0.170 e. The molecule has 2 N–H and O–H groups in total. The maximum Gasteiger partial charge on any atom is 0.170 e. The Balaban J connectivity index is 1.88. The number of rotatable bonds is 5. The predicted molar refractivity (Wildman–Crippen MR) is 99.8 cm³/mol. The highest BCUT2D eigenvalue weighted by Crippen LogP contribution is 2.23. The molecule has 2 rings (SSSR count). The van der Waals surface area contributed by atoms with Gasteiger partial charge in [0, 0.05) is 16.7 Å². The van der Waals surface area contributed by atoms with Gasteiger partial charge in [0.15, 0.2) is 5.11 Å². The summed E-state index contributed by atoms with van der Waals surface area (Å²) in [5, 5.41) is 15.6. The Bertz CT molecular complexity index is 743. The van der Waals surface area contributed by atoms with Gasteiger partial charge in [-0.05, 0) is 60.6 Å². The quantitative estimate of drug-likeness (QED) is 0.760. The first-order chi connectivity index (χ1) is 11.1. The van der Waals surface area contributed by atoms with E-state index in [-0.39, 0.29) is 0 Å². The molecule has 0 unspecified atom stereocenters. The van der Waals surface area contributed by atoms with E-state index in [2.05, 4.69) is 32.6 Å². The average molecular weight is 390 g/mol. The molecule has 0 spiro atoms. The molecule has 0 saturated heterocycles. The van der Waals surface area contributed by atoms with Gasteiger partial charge in [0.25, 0.3) is 0 Å². The van der Waals surface area contributed by atoms with Crippen LogP contribution in [0.3, 0.4) is 0 Å². The molecule has 0 saturated carbocycles. The first kappa shape index (κ1) is 17.3. The normalized spacial score (nSPS) is 9.78. The number of nitrogens with zero attached hydrogens (tertiary/aromatic N) is 1. The number of hydrogen-bond acceptors (Lipinski definition) is 3. The Hall–Kier alpha value is -2.10. The lowest BCUT2D eigenvalue weighted by Crippen LogP contribution is -2.30. The highest BCUT2D eigenvalue weighted by molar-refractivity contribution is 9.10. The van der Waals surface area contributed by atoms with E-state index in [0.29, 0.717) is 17.2 Å². The van der Waals surface area contributed by atoms with Crippen LogP contribution < -0.4 is 15.4 Å². The predicted octanol–water partition coefficient (Wildman–Crippen LogP) is 3.86. The van der Waals surface area contributed by atoms with E-state index in [1.807, 2.05) is 30.3 Å². The third-order valence-electron chi connectivity index (χ3n) is 3.17. The molecule has 23 heavy (non-hydrogen) atoms. The molecule has 0 fully saturated rings. The third-order valence-corrected chi connectivity index (χ3v) is 3.91. The number of anilines is 1. The lowest BCUT2D eigenvalue weighted by Gasteiger charge is -2.12. The van der Waals surface area contributed by atoms with Gasteiger partial charge in [-0.1, -0.05) is 22.0 Å². The van der Waals surface area contributed by atoms with Gasteiger partial charge in [0.1, 0.15) is 5.75 Å². The Morgan fingerprint density at radius 1 is 1.30 bits per heavy atom. The molecular formula is C17H16BrN3OS. The van der Waals surface area contributed by atoms with Crippen LogP contribution in [0.25, 0.3) is 0 Å². The number of benzene rings is 2. The second-order valence-electron chi connectivity index (χ2n) is 4.78. The summed E-state index contributed by atoms with van der Waals surface area (Å²) in [5.74, 6) is 0.857. The van der Waals surface area contributed by atoms with Gasteiger partial charge in [0.2, 0.25) is 0 Å². The largest absolute Gasteiger partial charge is 0.496 e. The van der Waals surface area contributed by atoms with Crippen LogP contribution >= 0.6 is 28.1 Å². The van der Waals surface area contributed by atoms with Gasteiger partial charge in [-0.2, -0.15) is 5.26 Å². The summed E-state index contributed by atoms with van der Waals surface area (Å²) in [6.45, 7) is 0.677. The van der Waals surface area contributed by atoms with E-state index < -0.39 is 0 Å². The van der Waals surface area contributed by atoms with Crippen LogP contribution in [0.15, 0.2) is 46.9 Å². The summed E-state index contributed by atoms with van der Waals surface area (Å²) in [6, 6.07) is 15.2. The number of nitriles is 1. The fourth-order valence-corrected chi connectivity index (χ4v) is 2.72. The summed E-state index contributed by atoms with van der Waals surface area (Å²) in [4.78, 5) is 0. The second-order valence-corrected chi connectivity index (χ2v) is 6.10. The van der Waals surface area contributed by atoms with Gasteiger partial charge in [-0.25, -0.2) is 0 Å². The number of nitrogens with one attached hydrogen (secondary N) is 2. The van der Waals surface area contributed by atoms with E-state index in [9.17, 15) is 0 Å². The fourth-order valence-electron chi connectivity index (χ4n) is 2.10. The van der Waals surface area contributed by atoms with Gasteiger partial charge in [0.05, 0.1) is 18.7 Å². The topological polar surface area (TPSA) is 57.1 Å². The van der Waals surface area contributed by atoms with Crippen molar-refractivity contribution in [3.05, 3.63) is 58.1 Å². The van der Waals surface area contributed by atoms with Crippen molar-refractivity contribution >= 4 is 38.9 Å². The second kappa shape index (κ2) is 8.51. The minimum absolute atomic E-state index is 0.522. The van der Waals surface area contributed by atoms with E-state index in [1.165, 1.54) is 0 Å². The Kier molecular flexibility index (Phi) is 6.39.